The largest absolute Gasteiger partial charge is 0.490 e. The van der Waals surface area contributed by atoms with Crippen LogP contribution in [0, 0.1) is 0 Å². The molecule has 0 saturated heterocycles. The average molecular weight is 1010 g/mol. The fourth-order valence-electron chi connectivity index (χ4n) is 3.46. The van der Waals surface area contributed by atoms with Gasteiger partial charge in [0.05, 0.1) is 32.5 Å². The number of ether oxygens (including phenoxy) is 3. The van der Waals surface area contributed by atoms with Gasteiger partial charge in [0.25, 0.3) is 0 Å². The van der Waals surface area contributed by atoms with Crippen LogP contribution in [0.25, 0.3) is 0 Å². The summed E-state index contributed by atoms with van der Waals surface area (Å²) < 4.78 is 47.0. The number of sulfone groups is 1. The highest BCUT2D eigenvalue weighted by atomic mass is 79.9. The first-order valence-electron chi connectivity index (χ1n) is 12.4. The average Bonchev–Trinajstić information content (AvgIpc) is 2.89. The van der Waals surface area contributed by atoms with Crippen LogP contribution in [0.5, 0.6) is 11.5 Å². The molecule has 2 aromatic rings. The molecule has 0 N–H and O–H groups in total. The molecule has 220 valence electrons. The smallest absolute Gasteiger partial charge is 0.206 e. The van der Waals surface area contributed by atoms with E-state index < -0.39 is 9.84 Å². The van der Waals surface area contributed by atoms with Crippen molar-refractivity contribution in [1.29, 1.82) is 0 Å². The van der Waals surface area contributed by atoms with E-state index in [-0.39, 0.29) is 20.7 Å². The third kappa shape index (κ3) is 11.7. The molecule has 2 rings (SSSR count). The molecule has 13 heteroatoms. The maximum absolute atomic E-state index is 13.5. The molecule has 0 fully saturated rings. The maximum Gasteiger partial charge on any atom is 0.206 e. The third-order valence-corrected chi connectivity index (χ3v) is 12.6. The monoisotopic (exact) mass is 1010 g/mol. The molecule has 0 saturated carbocycles. The predicted molar refractivity (Wildman–Crippen MR) is 184 cm³/mol. The second-order valence-electron chi connectivity index (χ2n) is 8.72. The van der Waals surface area contributed by atoms with Gasteiger partial charge in [0.15, 0.2) is 0 Å². The van der Waals surface area contributed by atoms with Crippen molar-refractivity contribution in [2.75, 3.05) is 30.5 Å². The van der Waals surface area contributed by atoms with Crippen molar-refractivity contribution in [3.05, 3.63) is 42.2 Å². The van der Waals surface area contributed by atoms with E-state index in [2.05, 4.69) is 118 Å². The quantitative estimate of drug-likeness (QED) is 0.110. The number of alkyl halides is 3. The molecule has 0 aliphatic heterocycles. The topological polar surface area (TPSA) is 61.8 Å². The van der Waals surface area contributed by atoms with E-state index in [1.807, 2.05) is 0 Å². The van der Waals surface area contributed by atoms with Crippen LogP contribution in [0.1, 0.15) is 45.4 Å². The summed E-state index contributed by atoms with van der Waals surface area (Å²) >= 11 is 24.3. The highest BCUT2D eigenvalue weighted by molar-refractivity contribution is 9.12. The Hall–Kier alpha value is 1.31. The number of benzene rings is 2. The van der Waals surface area contributed by atoms with E-state index in [4.69, 9.17) is 14.2 Å². The van der Waals surface area contributed by atoms with Crippen molar-refractivity contribution in [2.24, 2.45) is 0 Å². The minimum absolute atomic E-state index is 0.117. The molecule has 0 amide bonds. The summed E-state index contributed by atoms with van der Waals surface area (Å²) in [5.41, 5.74) is 0. The predicted octanol–water partition coefficient (Wildman–Crippen LogP) is 10.6. The Labute approximate surface area is 291 Å². The molecule has 2 aromatic carbocycles. The van der Waals surface area contributed by atoms with E-state index in [1.165, 1.54) is 32.1 Å². The van der Waals surface area contributed by atoms with Crippen molar-refractivity contribution in [3.63, 3.8) is 0 Å². The Bertz CT molecular complexity index is 1120. The van der Waals surface area contributed by atoms with Gasteiger partial charge in [-0.1, -0.05) is 86.8 Å². The van der Waals surface area contributed by atoms with E-state index in [0.29, 0.717) is 54.5 Å². The summed E-state index contributed by atoms with van der Waals surface area (Å²) in [6.45, 7) is 3.64. The van der Waals surface area contributed by atoms with Crippen molar-refractivity contribution in [1.82, 2.24) is 0 Å². The lowest BCUT2D eigenvalue weighted by molar-refractivity contribution is 0.0335. The van der Waals surface area contributed by atoms with Crippen molar-refractivity contribution in [3.8, 4) is 11.5 Å². The van der Waals surface area contributed by atoms with E-state index >= 15 is 0 Å². The lowest BCUT2D eigenvalue weighted by Gasteiger charge is -2.18. The van der Waals surface area contributed by atoms with Gasteiger partial charge in [0, 0.05) is 17.3 Å². The molecule has 2 unspecified atom stereocenters. The van der Waals surface area contributed by atoms with Gasteiger partial charge in [-0.25, -0.2) is 8.42 Å². The van der Waals surface area contributed by atoms with Gasteiger partial charge in [-0.3, -0.25) is 0 Å². The van der Waals surface area contributed by atoms with Crippen LogP contribution < -0.4 is 9.47 Å². The lowest BCUT2D eigenvalue weighted by Crippen LogP contribution is -2.24. The van der Waals surface area contributed by atoms with Crippen LogP contribution in [0.15, 0.2) is 51.9 Å². The Morgan fingerprint density at radius 2 is 1.18 bits per heavy atom. The fourth-order valence-corrected chi connectivity index (χ4v) is 8.95. The number of hydrogen-bond donors (Lipinski definition) is 0. The van der Waals surface area contributed by atoms with Gasteiger partial charge < -0.3 is 14.2 Å². The fraction of sp³-hybridized carbons (Fsp3) is 0.538. The number of halogens is 7. The molecule has 0 aliphatic carbocycles. The van der Waals surface area contributed by atoms with Gasteiger partial charge >= 0.3 is 0 Å². The summed E-state index contributed by atoms with van der Waals surface area (Å²) in [4.78, 5) is 0.364. The minimum Gasteiger partial charge on any atom is -0.490 e. The zero-order chi connectivity index (χ0) is 29.0. The molecular weight excluding hydrogens is 984 g/mol. The van der Waals surface area contributed by atoms with E-state index in [0.717, 1.165) is 11.8 Å². The van der Waals surface area contributed by atoms with E-state index in [1.54, 1.807) is 24.3 Å². The minimum atomic E-state index is -3.84. The first kappa shape index (κ1) is 36.5. The van der Waals surface area contributed by atoms with Crippen LogP contribution in [0.4, 0.5) is 0 Å². The summed E-state index contributed by atoms with van der Waals surface area (Å²) in [5.74, 6) is 1.05. The maximum atomic E-state index is 13.5. The Balaban J connectivity index is 2.09. The van der Waals surface area contributed by atoms with Crippen LogP contribution in [0.3, 0.4) is 0 Å². The zero-order valence-electron chi connectivity index (χ0n) is 21.3. The highest BCUT2D eigenvalue weighted by Crippen LogP contribution is 2.41. The van der Waals surface area contributed by atoms with Gasteiger partial charge in [0.2, 0.25) is 9.84 Å². The Kier molecular flexibility index (Phi) is 17.7. The summed E-state index contributed by atoms with van der Waals surface area (Å²) in [7, 11) is -3.84. The van der Waals surface area contributed by atoms with Gasteiger partial charge in [-0.2, -0.15) is 0 Å². The molecule has 0 aromatic heterocycles. The SMILES string of the molecule is CCCCCCCCOC(CBr)COc1c(Br)cc(S(=O)(=O)c2cc(Br)c(OCC(Br)CBr)c(Br)c2)cc1Br. The molecule has 0 heterocycles. The van der Waals surface area contributed by atoms with Crippen molar-refractivity contribution >= 4 is 121 Å². The lowest BCUT2D eigenvalue weighted by atomic mass is 10.1. The summed E-state index contributed by atoms with van der Waals surface area (Å²) in [6, 6.07) is 6.18. The van der Waals surface area contributed by atoms with Gasteiger partial charge in [-0.15, -0.1) is 0 Å². The van der Waals surface area contributed by atoms with Crippen LogP contribution in [0.2, 0.25) is 0 Å². The Morgan fingerprint density at radius 1 is 0.718 bits per heavy atom. The third-order valence-electron chi connectivity index (χ3n) is 5.58. The van der Waals surface area contributed by atoms with E-state index in [9.17, 15) is 8.42 Å². The first-order valence-corrected chi connectivity index (χ1v) is 20.2. The number of rotatable bonds is 18. The Morgan fingerprint density at radius 3 is 1.64 bits per heavy atom. The molecule has 5 nitrogen and oxygen atoms in total. The molecule has 2 atom stereocenters. The molecule has 39 heavy (non-hydrogen) atoms. The van der Waals surface area contributed by atoms with Crippen molar-refractivity contribution in [2.45, 2.75) is 66.2 Å². The van der Waals surface area contributed by atoms with Gasteiger partial charge in [0.1, 0.15) is 30.8 Å². The summed E-state index contributed by atoms with van der Waals surface area (Å²) in [6.07, 6.45) is 7.12. The second-order valence-corrected chi connectivity index (χ2v) is 16.7. The molecular formula is C26H31Br7O5S. The summed E-state index contributed by atoms with van der Waals surface area (Å²) in [5, 5.41) is 1.36. The number of unbranched alkanes of at least 4 members (excludes halogenated alkanes) is 5. The van der Waals surface area contributed by atoms with Crippen LogP contribution in [-0.4, -0.2) is 49.8 Å². The van der Waals surface area contributed by atoms with Crippen molar-refractivity contribution < 1.29 is 22.6 Å². The second kappa shape index (κ2) is 18.9. The van der Waals surface area contributed by atoms with Gasteiger partial charge in [-0.05, 0) is 94.4 Å². The zero-order valence-corrected chi connectivity index (χ0v) is 33.3. The molecule has 0 spiro atoms. The first-order chi connectivity index (χ1) is 18.5. The van der Waals surface area contributed by atoms with Crippen LogP contribution >= 0.6 is 112 Å². The standard InChI is InChI=1S/C26H31Br7O5S/c1-2-3-4-5-6-7-8-36-18(14-28)16-38-26-23(32)11-20(12-24(26)33)39(34,35)19-9-21(30)25(22(31)10-19)37-15-17(29)13-27/h9-12,17-18H,2-8,13-16H2,1H3. The molecule has 0 aliphatic rings. The molecule has 0 bridgehead atoms. The highest BCUT2D eigenvalue weighted by Gasteiger charge is 2.24. The van der Waals surface area contributed by atoms with Crippen LogP contribution in [-0.2, 0) is 14.6 Å². The molecule has 0 radical (unpaired) electrons. The normalized spacial score (nSPS) is 13.3. The number of hydrogen-bond acceptors (Lipinski definition) is 5.